The minimum atomic E-state index is -1.58. The molecule has 0 radical (unpaired) electrons. The highest BCUT2D eigenvalue weighted by atomic mass is 32.2. The van der Waals surface area contributed by atoms with Gasteiger partial charge in [-0.15, -0.1) is 0 Å². The maximum Gasteiger partial charge on any atom is 0.193 e. The molecule has 6 heteroatoms. The second-order valence-electron chi connectivity index (χ2n) is 3.01. The summed E-state index contributed by atoms with van der Waals surface area (Å²) in [7, 11) is 0.0395. The lowest BCUT2D eigenvalue weighted by Crippen LogP contribution is -2.37. The van der Waals surface area contributed by atoms with Gasteiger partial charge in [-0.1, -0.05) is 0 Å². The van der Waals surface area contributed by atoms with Crippen LogP contribution in [0.4, 0.5) is 5.69 Å². The summed E-state index contributed by atoms with van der Waals surface area (Å²) in [6, 6.07) is 4.56. The summed E-state index contributed by atoms with van der Waals surface area (Å²) in [4.78, 5) is -1.21. The highest BCUT2D eigenvalue weighted by Crippen LogP contribution is 2.37. The smallest absolute Gasteiger partial charge is 0.193 e. The van der Waals surface area contributed by atoms with E-state index in [2.05, 4.69) is 0 Å². The second-order valence-corrected chi connectivity index (χ2v) is 4.40. The van der Waals surface area contributed by atoms with Gasteiger partial charge in [0.1, 0.15) is 21.4 Å². The third-order valence-electron chi connectivity index (χ3n) is 2.08. The van der Waals surface area contributed by atoms with Crippen LogP contribution < -0.4 is 9.55 Å². The fourth-order valence-corrected chi connectivity index (χ4v) is 2.64. The first-order valence-electron chi connectivity index (χ1n) is 3.93. The first kappa shape index (κ1) is 9.60. The summed E-state index contributed by atoms with van der Waals surface area (Å²) < 4.78 is 16.3. The number of quaternary nitrogens is 1. The Bertz CT molecular complexity index is 404. The number of hydrogen-bond acceptors (Lipinski definition) is 4. The molecule has 0 saturated heterocycles. The highest BCUT2D eigenvalue weighted by molar-refractivity contribution is 7.85. The topological polar surface area (TPSA) is 69.6 Å². The van der Waals surface area contributed by atoms with Crippen LogP contribution in [0.15, 0.2) is 23.1 Å². The van der Waals surface area contributed by atoms with Gasteiger partial charge < -0.3 is 9.94 Å². The molecule has 0 saturated carbocycles. The fraction of sp³-hybridized carbons (Fsp3) is 0.250. The largest absolute Gasteiger partial charge is 0.592 e. The molecule has 1 aromatic carbocycles. The van der Waals surface area contributed by atoms with Crippen molar-refractivity contribution in [1.82, 2.24) is 4.81 Å². The summed E-state index contributed by atoms with van der Waals surface area (Å²) in [5.74, 6) is 0.123. The average molecular weight is 215 g/mol. The van der Waals surface area contributed by atoms with Crippen molar-refractivity contribution in [1.29, 1.82) is 0 Å². The molecule has 5 nitrogen and oxygen atoms in total. The summed E-state index contributed by atoms with van der Waals surface area (Å²) in [6.07, 6.45) is 0. The van der Waals surface area contributed by atoms with Crippen molar-refractivity contribution in [2.45, 2.75) is 4.90 Å². The molecular formula is C8H9NO4S. The zero-order valence-corrected chi connectivity index (χ0v) is 8.28. The van der Waals surface area contributed by atoms with E-state index >= 15 is 0 Å². The maximum absolute atomic E-state index is 11.4. The van der Waals surface area contributed by atoms with Crippen molar-refractivity contribution in [2.24, 2.45) is 0 Å². The number of ether oxygens (including phenoxy) is 1. The normalized spacial score (nSPS) is 30.1. The Labute approximate surface area is 83.1 Å². The molecule has 0 aliphatic carbocycles. The van der Waals surface area contributed by atoms with E-state index in [1.54, 1.807) is 12.1 Å². The first-order chi connectivity index (χ1) is 6.54. The van der Waals surface area contributed by atoms with E-state index in [1.165, 1.54) is 13.2 Å². The van der Waals surface area contributed by atoms with Gasteiger partial charge in [0.15, 0.2) is 11.6 Å². The van der Waals surface area contributed by atoms with E-state index in [4.69, 9.17) is 4.74 Å². The van der Waals surface area contributed by atoms with Gasteiger partial charge in [-0.05, 0) is 12.1 Å². The van der Waals surface area contributed by atoms with Crippen molar-refractivity contribution in [3.8, 4) is 5.75 Å². The van der Waals surface area contributed by atoms with Crippen LogP contribution in [0.2, 0.25) is 0 Å². The molecule has 0 aromatic heterocycles. The van der Waals surface area contributed by atoms with Crippen molar-refractivity contribution in [2.75, 3.05) is 13.0 Å². The maximum atomic E-state index is 11.4. The van der Waals surface area contributed by atoms with E-state index in [-0.39, 0.29) is 11.6 Å². The molecule has 2 rings (SSSR count). The molecule has 0 fully saturated rings. The summed E-state index contributed by atoms with van der Waals surface area (Å²) >= 11 is 0. The van der Waals surface area contributed by atoms with Gasteiger partial charge in [-0.2, -0.15) is 4.81 Å². The van der Waals surface area contributed by atoms with Gasteiger partial charge in [-0.25, -0.2) is 9.42 Å². The first-order valence-corrected chi connectivity index (χ1v) is 5.25. The zero-order valence-electron chi connectivity index (χ0n) is 7.47. The number of benzene rings is 1. The lowest BCUT2D eigenvalue weighted by molar-refractivity contribution is -0.0106. The van der Waals surface area contributed by atoms with Crippen LogP contribution in [0, 0.1) is 5.21 Å². The van der Waals surface area contributed by atoms with E-state index in [9.17, 15) is 14.6 Å². The quantitative estimate of drug-likeness (QED) is 0.559. The molecule has 0 spiro atoms. The standard InChI is InChI=1S/C8H9NO4S/c1-13-6-2-3-8-7(4-6)9(10,11)5-14(8)12/h2-4,10H,5H2,1H3. The van der Waals surface area contributed by atoms with Crippen LogP contribution in [0.25, 0.3) is 0 Å². The van der Waals surface area contributed by atoms with Crippen LogP contribution in [-0.4, -0.2) is 22.4 Å². The SMILES string of the molecule is COc1ccc2c(c1)[N+]([O-])(O)CS2=O. The van der Waals surface area contributed by atoms with Crippen LogP contribution in [0.5, 0.6) is 5.75 Å². The third kappa shape index (κ3) is 1.32. The Morgan fingerprint density at radius 1 is 1.64 bits per heavy atom. The van der Waals surface area contributed by atoms with Gasteiger partial charge in [0.25, 0.3) is 0 Å². The van der Waals surface area contributed by atoms with Gasteiger partial charge >= 0.3 is 0 Å². The van der Waals surface area contributed by atoms with E-state index < -0.39 is 15.6 Å². The Kier molecular flexibility index (Phi) is 2.07. The van der Waals surface area contributed by atoms with Gasteiger partial charge in [0, 0.05) is 6.07 Å². The lowest BCUT2D eigenvalue weighted by Gasteiger charge is -2.26. The van der Waals surface area contributed by atoms with E-state index in [1.807, 2.05) is 0 Å². The zero-order chi connectivity index (χ0) is 10.3. The Balaban J connectivity index is 2.59. The molecule has 1 heterocycles. The van der Waals surface area contributed by atoms with Gasteiger partial charge in [0.2, 0.25) is 0 Å². The number of nitrogens with zero attached hydrogens (tertiary/aromatic N) is 1. The molecular weight excluding hydrogens is 206 g/mol. The number of rotatable bonds is 1. The summed E-state index contributed by atoms with van der Waals surface area (Å²) in [5, 5.41) is 20.8. The predicted molar refractivity (Wildman–Crippen MR) is 51.2 cm³/mol. The van der Waals surface area contributed by atoms with Gasteiger partial charge in [-0.3, -0.25) is 0 Å². The fourth-order valence-electron chi connectivity index (χ4n) is 1.39. The molecule has 76 valence electrons. The highest BCUT2D eigenvalue weighted by Gasteiger charge is 2.36. The van der Waals surface area contributed by atoms with Crippen molar-refractivity contribution < 1.29 is 14.2 Å². The summed E-state index contributed by atoms with van der Waals surface area (Å²) in [5.41, 5.74) is 0.0997. The minimum Gasteiger partial charge on any atom is -0.592 e. The Hall–Kier alpha value is -0.950. The lowest BCUT2D eigenvalue weighted by atomic mass is 10.3. The molecule has 14 heavy (non-hydrogen) atoms. The predicted octanol–water partition coefficient (Wildman–Crippen LogP) is 0.968. The number of hydroxylamine groups is 2. The molecule has 1 aliphatic heterocycles. The number of hydrogen-bond donors (Lipinski definition) is 1. The average Bonchev–Trinajstić information content (AvgIpc) is 2.37. The Morgan fingerprint density at radius 2 is 2.36 bits per heavy atom. The molecule has 0 amide bonds. The van der Waals surface area contributed by atoms with Crippen molar-refractivity contribution >= 4 is 16.5 Å². The van der Waals surface area contributed by atoms with Gasteiger partial charge in [0.05, 0.1) is 7.11 Å². The molecule has 2 atom stereocenters. The van der Waals surface area contributed by atoms with Crippen molar-refractivity contribution in [3.63, 3.8) is 0 Å². The third-order valence-corrected chi connectivity index (χ3v) is 3.50. The van der Waals surface area contributed by atoms with Crippen LogP contribution in [0.3, 0.4) is 0 Å². The van der Waals surface area contributed by atoms with Crippen LogP contribution in [-0.2, 0) is 10.8 Å². The van der Waals surface area contributed by atoms with Crippen LogP contribution in [0.1, 0.15) is 0 Å². The molecule has 0 bridgehead atoms. The van der Waals surface area contributed by atoms with E-state index in [0.29, 0.717) is 10.6 Å². The molecule has 2 unspecified atom stereocenters. The monoisotopic (exact) mass is 215 g/mol. The van der Waals surface area contributed by atoms with Crippen molar-refractivity contribution in [3.05, 3.63) is 23.4 Å². The number of fused-ring (bicyclic) bond motifs is 1. The molecule has 1 aromatic rings. The van der Waals surface area contributed by atoms with Crippen LogP contribution >= 0.6 is 0 Å². The summed E-state index contributed by atoms with van der Waals surface area (Å²) in [6.45, 7) is 0. The van der Waals surface area contributed by atoms with E-state index in [0.717, 1.165) is 0 Å². The Morgan fingerprint density at radius 3 is 3.00 bits per heavy atom. The number of methoxy groups -OCH3 is 1. The minimum absolute atomic E-state index is 0.0997. The molecule has 1 aliphatic rings. The molecule has 1 N–H and O–H groups in total. The second kappa shape index (κ2) is 3.03.